The molecule has 1 aromatic rings. The normalized spacial score (nSPS) is 9.27. The molecule has 0 aliphatic carbocycles. The molecule has 0 atom stereocenters. The van der Waals surface area contributed by atoms with Gasteiger partial charge in [0.1, 0.15) is 6.29 Å². The van der Waals surface area contributed by atoms with Gasteiger partial charge in [-0.15, -0.1) is 5.46 Å². The highest BCUT2D eigenvalue weighted by atomic mass is 16.4. The van der Waals surface area contributed by atoms with E-state index in [4.69, 9.17) is 0 Å². The molecule has 0 aliphatic rings. The van der Waals surface area contributed by atoms with Crippen LogP contribution in [0.15, 0.2) is 24.3 Å². The highest BCUT2D eigenvalue weighted by molar-refractivity contribution is 6.56. The highest BCUT2D eigenvalue weighted by Gasteiger charge is 1.94. The van der Waals surface area contributed by atoms with Crippen molar-refractivity contribution in [3.63, 3.8) is 0 Å². The van der Waals surface area contributed by atoms with E-state index in [0.29, 0.717) is 6.29 Å². The quantitative estimate of drug-likeness (QED) is 0.357. The van der Waals surface area contributed by atoms with Gasteiger partial charge in [-0.3, -0.25) is 4.79 Å². The first-order valence-electron chi connectivity index (χ1n) is 3.11. The Hall–Kier alpha value is -1.13. The molecule has 0 saturated carbocycles. The van der Waals surface area contributed by atoms with Crippen LogP contribution in [0.5, 0.6) is 0 Å². The lowest BCUT2D eigenvalue weighted by atomic mass is 9.77. The van der Waals surface area contributed by atoms with Crippen LogP contribution in [-0.4, -0.2) is 13.4 Å². The summed E-state index contributed by atoms with van der Waals surface area (Å²) in [6, 6.07) is 5.99. The molecular weight excluding hydrogens is 143 g/mol. The molecule has 11 heavy (non-hydrogen) atoms. The minimum atomic E-state index is -2.07. The number of carbonyl (C=O) groups excluding carboxylic acids is 1. The average Bonchev–Trinajstić information content (AvgIpc) is 2.04. The topological polar surface area (TPSA) is 63.2 Å². The molecule has 0 aliphatic heterocycles. The van der Waals surface area contributed by atoms with E-state index in [9.17, 15) is 14.8 Å². The third-order valence-corrected chi connectivity index (χ3v) is 1.38. The number of aldehydes is 1. The van der Waals surface area contributed by atoms with Gasteiger partial charge in [-0.25, -0.2) is 0 Å². The second-order valence-corrected chi connectivity index (χ2v) is 2.08. The molecule has 0 aromatic heterocycles. The molecule has 0 saturated heterocycles. The molecule has 56 valence electrons. The maximum Gasteiger partial charge on any atom is 0.149 e. The van der Waals surface area contributed by atoms with E-state index in [2.05, 4.69) is 0 Å². The molecule has 0 unspecified atom stereocenters. The highest BCUT2D eigenvalue weighted by Crippen LogP contribution is 1.90. The lowest BCUT2D eigenvalue weighted by Gasteiger charge is -2.27. The van der Waals surface area contributed by atoms with Crippen LogP contribution in [-0.2, 0) is 0 Å². The molecule has 0 amide bonds. The number of carbonyl (C=O) groups is 1. The van der Waals surface area contributed by atoms with E-state index in [1.807, 2.05) is 0 Å². The molecule has 4 heteroatoms. The SMILES string of the molecule is O=Cc1ccccc1B([O-])[O-]. The molecule has 0 N–H and O–H groups in total. The second-order valence-electron chi connectivity index (χ2n) is 2.08. The van der Waals surface area contributed by atoms with Crippen molar-refractivity contribution in [2.75, 3.05) is 0 Å². The predicted molar refractivity (Wildman–Crippen MR) is 37.2 cm³/mol. The lowest BCUT2D eigenvalue weighted by Crippen LogP contribution is -2.56. The van der Waals surface area contributed by atoms with Crippen LogP contribution in [0.1, 0.15) is 10.4 Å². The van der Waals surface area contributed by atoms with E-state index >= 15 is 0 Å². The summed E-state index contributed by atoms with van der Waals surface area (Å²) in [6.07, 6.45) is 0.512. The maximum atomic E-state index is 10.4. The molecule has 1 aromatic carbocycles. The first kappa shape index (κ1) is 7.98. The summed E-state index contributed by atoms with van der Waals surface area (Å²) in [5.41, 5.74) is 0.199. The number of rotatable bonds is 2. The second kappa shape index (κ2) is 3.32. The first-order valence-corrected chi connectivity index (χ1v) is 3.11. The van der Waals surface area contributed by atoms with E-state index in [1.165, 1.54) is 12.1 Å². The Kier molecular flexibility index (Phi) is 2.41. The van der Waals surface area contributed by atoms with Gasteiger partial charge in [0.25, 0.3) is 0 Å². The number of benzene rings is 1. The third-order valence-electron chi connectivity index (χ3n) is 1.38. The Balaban J connectivity index is 3.12. The minimum absolute atomic E-state index is 0.0162. The average molecular weight is 148 g/mol. The Morgan fingerprint density at radius 2 is 1.91 bits per heavy atom. The van der Waals surface area contributed by atoms with Crippen molar-refractivity contribution in [1.82, 2.24) is 0 Å². The largest absolute Gasteiger partial charge is 0.889 e. The van der Waals surface area contributed by atoms with Crippen molar-refractivity contribution in [3.05, 3.63) is 29.8 Å². The molecule has 3 nitrogen and oxygen atoms in total. The first-order chi connectivity index (χ1) is 5.25. The lowest BCUT2D eigenvalue weighted by molar-refractivity contribution is -0.341. The smallest absolute Gasteiger partial charge is 0.149 e. The van der Waals surface area contributed by atoms with Crippen LogP contribution in [0.2, 0.25) is 0 Å². The number of hydrogen-bond donors (Lipinski definition) is 0. The van der Waals surface area contributed by atoms with Gasteiger partial charge in [-0.1, -0.05) is 31.4 Å². The van der Waals surface area contributed by atoms with Gasteiger partial charge < -0.3 is 10.0 Å². The fourth-order valence-electron chi connectivity index (χ4n) is 0.833. The molecule has 0 heterocycles. The van der Waals surface area contributed by atoms with Crippen molar-refractivity contribution in [3.8, 4) is 0 Å². The van der Waals surface area contributed by atoms with Gasteiger partial charge in [0.05, 0.1) is 0 Å². The Bertz CT molecular complexity index is 260. The Morgan fingerprint density at radius 3 is 2.36 bits per heavy atom. The minimum Gasteiger partial charge on any atom is -0.889 e. The van der Waals surface area contributed by atoms with Gasteiger partial charge in [0.15, 0.2) is 0 Å². The third kappa shape index (κ3) is 1.66. The fraction of sp³-hybridized carbons (Fsp3) is 0. The van der Waals surface area contributed by atoms with Crippen LogP contribution in [0, 0.1) is 0 Å². The van der Waals surface area contributed by atoms with Crippen molar-refractivity contribution in [2.45, 2.75) is 0 Å². The van der Waals surface area contributed by atoms with Crippen LogP contribution in [0.4, 0.5) is 0 Å². The van der Waals surface area contributed by atoms with Crippen LogP contribution in [0.25, 0.3) is 0 Å². The van der Waals surface area contributed by atoms with Crippen molar-refractivity contribution in [2.24, 2.45) is 0 Å². The van der Waals surface area contributed by atoms with Gasteiger partial charge in [-0.05, 0) is 0 Å². The fourth-order valence-corrected chi connectivity index (χ4v) is 0.833. The van der Waals surface area contributed by atoms with E-state index < -0.39 is 7.12 Å². The molecule has 0 fully saturated rings. The standard InChI is InChI=1S/C7H5BO3/c9-5-6-3-1-2-4-7(6)8(10)11/h1-5H/q-2. The molecular formula is C7H5BO3-2. The zero-order valence-corrected chi connectivity index (χ0v) is 5.69. The van der Waals surface area contributed by atoms with Crippen LogP contribution in [0.3, 0.4) is 0 Å². The van der Waals surface area contributed by atoms with E-state index in [0.717, 1.165) is 0 Å². The van der Waals surface area contributed by atoms with Gasteiger partial charge in [-0.2, -0.15) is 0 Å². The zero-order chi connectivity index (χ0) is 8.27. The molecule has 0 bridgehead atoms. The molecule has 0 radical (unpaired) electrons. The van der Waals surface area contributed by atoms with Gasteiger partial charge in [0.2, 0.25) is 0 Å². The summed E-state index contributed by atoms with van der Waals surface area (Å²) >= 11 is 0. The summed E-state index contributed by atoms with van der Waals surface area (Å²) in [7, 11) is -2.07. The van der Waals surface area contributed by atoms with Crippen molar-refractivity contribution < 1.29 is 14.8 Å². The summed E-state index contributed by atoms with van der Waals surface area (Å²) in [5.74, 6) is 0. The Morgan fingerprint density at radius 1 is 1.27 bits per heavy atom. The summed E-state index contributed by atoms with van der Waals surface area (Å²) < 4.78 is 0. The van der Waals surface area contributed by atoms with Crippen molar-refractivity contribution in [1.29, 1.82) is 0 Å². The van der Waals surface area contributed by atoms with Crippen LogP contribution >= 0.6 is 0 Å². The molecule has 0 spiro atoms. The molecule has 1 rings (SSSR count). The monoisotopic (exact) mass is 148 g/mol. The maximum absolute atomic E-state index is 10.4. The van der Waals surface area contributed by atoms with Gasteiger partial charge >= 0.3 is 0 Å². The zero-order valence-electron chi connectivity index (χ0n) is 5.69. The van der Waals surface area contributed by atoms with E-state index in [1.54, 1.807) is 12.1 Å². The van der Waals surface area contributed by atoms with Crippen LogP contribution < -0.4 is 15.5 Å². The van der Waals surface area contributed by atoms with Gasteiger partial charge in [0, 0.05) is 5.56 Å². The van der Waals surface area contributed by atoms with Crippen molar-refractivity contribution >= 4 is 18.9 Å². The Labute approximate surface area is 64.4 Å². The van der Waals surface area contributed by atoms with E-state index in [-0.39, 0.29) is 11.0 Å². The summed E-state index contributed by atoms with van der Waals surface area (Å²) in [5, 5.41) is 20.8. The summed E-state index contributed by atoms with van der Waals surface area (Å²) in [4.78, 5) is 10.3. The predicted octanol–water partition coefficient (Wildman–Crippen LogP) is -2.09. The summed E-state index contributed by atoms with van der Waals surface area (Å²) in [6.45, 7) is 0. The number of hydrogen-bond acceptors (Lipinski definition) is 3.